The van der Waals surface area contributed by atoms with Gasteiger partial charge in [-0.2, -0.15) is 0 Å². The van der Waals surface area contributed by atoms with Gasteiger partial charge in [0.2, 0.25) is 0 Å². The number of aliphatic hydroxyl groups is 1. The average Bonchev–Trinajstić information content (AvgIpc) is 2.96. The Morgan fingerprint density at radius 3 is 3.10 bits per heavy atom. The van der Waals surface area contributed by atoms with Gasteiger partial charge in [0.25, 0.3) is 0 Å². The van der Waals surface area contributed by atoms with E-state index in [4.69, 9.17) is 0 Å². The Labute approximate surface area is 120 Å². The van der Waals surface area contributed by atoms with Gasteiger partial charge in [0.15, 0.2) is 0 Å². The highest BCUT2D eigenvalue weighted by Gasteiger charge is 2.24. The summed E-state index contributed by atoms with van der Waals surface area (Å²) in [6.45, 7) is 2.93. The number of hydrogen-bond acceptors (Lipinski definition) is 2. The molecule has 2 unspecified atom stereocenters. The van der Waals surface area contributed by atoms with Gasteiger partial charge in [-0.05, 0) is 49.7 Å². The Morgan fingerprint density at radius 1 is 1.40 bits per heavy atom. The van der Waals surface area contributed by atoms with E-state index in [0.29, 0.717) is 5.92 Å². The molecule has 0 spiro atoms. The van der Waals surface area contributed by atoms with E-state index >= 15 is 0 Å². The van der Waals surface area contributed by atoms with Gasteiger partial charge in [-0.3, -0.25) is 0 Å². The number of benzene rings is 1. The summed E-state index contributed by atoms with van der Waals surface area (Å²) in [4.78, 5) is 4.15. The van der Waals surface area contributed by atoms with Crippen molar-refractivity contribution in [3.05, 3.63) is 53.6 Å². The predicted octanol–water partition coefficient (Wildman–Crippen LogP) is 3.45. The summed E-state index contributed by atoms with van der Waals surface area (Å²) in [7, 11) is 0. The van der Waals surface area contributed by atoms with E-state index in [9.17, 15) is 5.11 Å². The maximum Gasteiger partial charge on any atom is 0.0961 e. The smallest absolute Gasteiger partial charge is 0.0961 e. The summed E-state index contributed by atoms with van der Waals surface area (Å²) < 4.78 is 2.03. The Kier molecular flexibility index (Phi) is 3.88. The lowest BCUT2D eigenvalue weighted by molar-refractivity contribution is 0.145. The van der Waals surface area contributed by atoms with Gasteiger partial charge in [0.1, 0.15) is 0 Å². The van der Waals surface area contributed by atoms with Gasteiger partial charge in [-0.1, -0.05) is 24.3 Å². The van der Waals surface area contributed by atoms with Crippen LogP contribution in [0, 0.1) is 0 Å². The fourth-order valence-corrected chi connectivity index (χ4v) is 3.36. The minimum absolute atomic E-state index is 0.423. The first kappa shape index (κ1) is 13.4. The number of nitrogens with zero attached hydrogens (tertiary/aromatic N) is 2. The van der Waals surface area contributed by atoms with Crippen LogP contribution in [0.2, 0.25) is 0 Å². The zero-order valence-electron chi connectivity index (χ0n) is 12.0. The van der Waals surface area contributed by atoms with Crippen LogP contribution < -0.4 is 0 Å². The molecule has 1 aliphatic carbocycles. The first-order valence-electron chi connectivity index (χ1n) is 7.55. The maximum atomic E-state index is 10.5. The standard InChI is InChI=1S/C17H22N2O/c1-2-19-12-18-11-16(19)17(20)10-14-8-5-7-13-6-3-4-9-15(13)14/h3-4,6,9,11-12,14,17,20H,2,5,7-8,10H2,1H3. The number of aromatic nitrogens is 2. The van der Waals surface area contributed by atoms with E-state index in [1.807, 2.05) is 4.57 Å². The molecule has 1 aliphatic rings. The molecule has 0 bridgehead atoms. The van der Waals surface area contributed by atoms with Gasteiger partial charge in [-0.15, -0.1) is 0 Å². The minimum Gasteiger partial charge on any atom is -0.387 e. The molecular formula is C17H22N2O. The number of aliphatic hydroxyl groups excluding tert-OH is 1. The molecule has 20 heavy (non-hydrogen) atoms. The molecule has 0 fully saturated rings. The van der Waals surface area contributed by atoms with Crippen LogP contribution in [-0.2, 0) is 13.0 Å². The van der Waals surface area contributed by atoms with Crippen LogP contribution in [0.3, 0.4) is 0 Å². The van der Waals surface area contributed by atoms with Gasteiger partial charge < -0.3 is 9.67 Å². The van der Waals surface area contributed by atoms with Crippen LogP contribution in [0.1, 0.15) is 55.0 Å². The molecule has 106 valence electrons. The third kappa shape index (κ3) is 2.50. The van der Waals surface area contributed by atoms with Gasteiger partial charge >= 0.3 is 0 Å². The van der Waals surface area contributed by atoms with E-state index in [-0.39, 0.29) is 0 Å². The largest absolute Gasteiger partial charge is 0.387 e. The Morgan fingerprint density at radius 2 is 2.25 bits per heavy atom. The molecule has 1 aromatic carbocycles. The predicted molar refractivity (Wildman–Crippen MR) is 79.6 cm³/mol. The molecule has 0 amide bonds. The zero-order chi connectivity index (χ0) is 13.9. The maximum absolute atomic E-state index is 10.5. The fourth-order valence-electron chi connectivity index (χ4n) is 3.36. The number of aryl methyl sites for hydroxylation is 2. The minimum atomic E-state index is -0.423. The molecule has 0 saturated heterocycles. The van der Waals surface area contributed by atoms with Crippen molar-refractivity contribution in [1.29, 1.82) is 0 Å². The monoisotopic (exact) mass is 270 g/mol. The summed E-state index contributed by atoms with van der Waals surface area (Å²) in [5.74, 6) is 0.468. The summed E-state index contributed by atoms with van der Waals surface area (Å²) in [6.07, 6.45) is 7.54. The summed E-state index contributed by atoms with van der Waals surface area (Å²) in [5, 5.41) is 10.5. The van der Waals surface area contributed by atoms with Crippen molar-refractivity contribution in [3.63, 3.8) is 0 Å². The lowest BCUT2D eigenvalue weighted by Gasteiger charge is -2.27. The van der Waals surface area contributed by atoms with Crippen molar-refractivity contribution < 1.29 is 5.11 Å². The highest BCUT2D eigenvalue weighted by Crippen LogP contribution is 2.37. The number of rotatable bonds is 4. The number of hydrogen-bond donors (Lipinski definition) is 1. The molecule has 3 heteroatoms. The molecule has 2 aromatic rings. The van der Waals surface area contributed by atoms with E-state index in [1.165, 1.54) is 30.4 Å². The van der Waals surface area contributed by atoms with Crippen molar-refractivity contribution in [2.24, 2.45) is 0 Å². The van der Waals surface area contributed by atoms with Gasteiger partial charge in [-0.25, -0.2) is 4.98 Å². The first-order chi connectivity index (χ1) is 9.79. The number of fused-ring (bicyclic) bond motifs is 1. The summed E-state index contributed by atoms with van der Waals surface area (Å²) >= 11 is 0. The molecule has 3 rings (SSSR count). The molecule has 1 heterocycles. The van der Waals surface area contributed by atoms with Crippen molar-refractivity contribution in [3.8, 4) is 0 Å². The Balaban J connectivity index is 1.79. The highest BCUT2D eigenvalue weighted by molar-refractivity contribution is 5.32. The van der Waals surface area contributed by atoms with E-state index in [0.717, 1.165) is 18.7 Å². The normalized spacial score (nSPS) is 19.6. The van der Waals surface area contributed by atoms with Crippen LogP contribution in [0.15, 0.2) is 36.8 Å². The number of imidazole rings is 1. The first-order valence-corrected chi connectivity index (χ1v) is 7.55. The summed E-state index contributed by atoms with van der Waals surface area (Å²) in [6, 6.07) is 8.68. The van der Waals surface area contributed by atoms with Crippen molar-refractivity contribution in [2.45, 2.75) is 51.2 Å². The van der Waals surface area contributed by atoms with Gasteiger partial charge in [0.05, 0.1) is 24.3 Å². The van der Waals surface area contributed by atoms with Crippen LogP contribution in [0.4, 0.5) is 0 Å². The van der Waals surface area contributed by atoms with Crippen LogP contribution in [0.25, 0.3) is 0 Å². The van der Waals surface area contributed by atoms with Crippen LogP contribution >= 0.6 is 0 Å². The van der Waals surface area contributed by atoms with Crippen molar-refractivity contribution in [2.75, 3.05) is 0 Å². The van der Waals surface area contributed by atoms with Crippen molar-refractivity contribution in [1.82, 2.24) is 9.55 Å². The fraction of sp³-hybridized carbons (Fsp3) is 0.471. The molecule has 0 aliphatic heterocycles. The van der Waals surface area contributed by atoms with E-state index in [1.54, 1.807) is 12.5 Å². The second-order valence-electron chi connectivity index (χ2n) is 5.64. The molecule has 1 aromatic heterocycles. The third-order valence-electron chi connectivity index (χ3n) is 4.43. The Hall–Kier alpha value is -1.61. The molecule has 2 atom stereocenters. The molecule has 3 nitrogen and oxygen atoms in total. The van der Waals surface area contributed by atoms with Crippen LogP contribution in [0.5, 0.6) is 0 Å². The highest BCUT2D eigenvalue weighted by atomic mass is 16.3. The lowest BCUT2D eigenvalue weighted by atomic mass is 9.80. The molecular weight excluding hydrogens is 248 g/mol. The van der Waals surface area contributed by atoms with Gasteiger partial charge in [0, 0.05) is 6.54 Å². The second kappa shape index (κ2) is 5.80. The average molecular weight is 270 g/mol. The van der Waals surface area contributed by atoms with Crippen LogP contribution in [-0.4, -0.2) is 14.7 Å². The topological polar surface area (TPSA) is 38.0 Å². The quantitative estimate of drug-likeness (QED) is 0.924. The lowest BCUT2D eigenvalue weighted by Crippen LogP contribution is -2.14. The van der Waals surface area contributed by atoms with Crippen molar-refractivity contribution >= 4 is 0 Å². The Bertz CT molecular complexity index is 576. The summed E-state index contributed by atoms with van der Waals surface area (Å²) in [5.41, 5.74) is 3.83. The molecule has 0 radical (unpaired) electrons. The zero-order valence-corrected chi connectivity index (χ0v) is 12.0. The molecule has 0 saturated carbocycles. The SMILES string of the molecule is CCn1cncc1C(O)CC1CCCc2ccccc21. The second-order valence-corrected chi connectivity index (χ2v) is 5.64. The third-order valence-corrected chi connectivity index (χ3v) is 4.43. The van der Waals surface area contributed by atoms with E-state index < -0.39 is 6.10 Å². The van der Waals surface area contributed by atoms with E-state index in [2.05, 4.69) is 36.2 Å². The molecule has 1 N–H and O–H groups in total.